The molecule has 8 atom stereocenters. The molecule has 0 saturated heterocycles. The predicted molar refractivity (Wildman–Crippen MR) is 120 cm³/mol. The average Bonchev–Trinajstić information content (AvgIpc) is 3.00. The van der Waals surface area contributed by atoms with Gasteiger partial charge in [0.2, 0.25) is 0 Å². The summed E-state index contributed by atoms with van der Waals surface area (Å²) >= 11 is 0. The monoisotopic (exact) mass is 400 g/mol. The lowest BCUT2D eigenvalue weighted by Gasteiger charge is -2.56. The van der Waals surface area contributed by atoms with E-state index in [1.165, 1.54) is 50.5 Å². The van der Waals surface area contributed by atoms with Gasteiger partial charge >= 0.3 is 0 Å². The van der Waals surface area contributed by atoms with Crippen LogP contribution in [0, 0.1) is 40.4 Å². The molecule has 3 saturated carbocycles. The quantitative estimate of drug-likeness (QED) is 0.570. The number of aliphatic hydroxyl groups excluding tert-OH is 2. The van der Waals surface area contributed by atoms with E-state index in [4.69, 9.17) is 0 Å². The highest BCUT2D eigenvalue weighted by atomic mass is 16.3. The SMILES string of the molecule is CC(C)CCC[C@@H](C)[C@H]1CCC2C3=CC=C4C[C@@H](O)C[C@H](O)[C@]4(C)C3CC[C@@]21C. The van der Waals surface area contributed by atoms with Gasteiger partial charge in [-0.1, -0.05) is 77.2 Å². The Bertz CT molecular complexity index is 676. The van der Waals surface area contributed by atoms with Gasteiger partial charge in [-0.2, -0.15) is 0 Å². The summed E-state index contributed by atoms with van der Waals surface area (Å²) in [6.45, 7) is 12.1. The van der Waals surface area contributed by atoms with E-state index in [-0.39, 0.29) is 11.5 Å². The fourth-order valence-electron chi connectivity index (χ4n) is 8.07. The molecule has 4 rings (SSSR count). The Morgan fingerprint density at radius 1 is 1.00 bits per heavy atom. The van der Waals surface area contributed by atoms with Crippen LogP contribution in [0.2, 0.25) is 0 Å². The molecule has 0 aromatic heterocycles. The van der Waals surface area contributed by atoms with E-state index < -0.39 is 6.10 Å². The first-order valence-corrected chi connectivity index (χ1v) is 12.4. The van der Waals surface area contributed by atoms with Gasteiger partial charge in [0, 0.05) is 11.8 Å². The summed E-state index contributed by atoms with van der Waals surface area (Å²) in [7, 11) is 0. The van der Waals surface area contributed by atoms with Crippen molar-refractivity contribution >= 4 is 0 Å². The first-order valence-electron chi connectivity index (χ1n) is 12.4. The fraction of sp³-hybridized carbons (Fsp3) is 0.852. The van der Waals surface area contributed by atoms with Crippen molar-refractivity contribution in [2.24, 2.45) is 40.4 Å². The van der Waals surface area contributed by atoms with Crippen molar-refractivity contribution in [1.82, 2.24) is 0 Å². The number of aliphatic hydroxyl groups is 2. The summed E-state index contributed by atoms with van der Waals surface area (Å²) in [6.07, 6.45) is 14.5. The van der Waals surface area contributed by atoms with Crippen LogP contribution in [-0.2, 0) is 0 Å². The molecule has 0 aromatic carbocycles. The normalized spacial score (nSPS) is 45.2. The molecular weight excluding hydrogens is 356 g/mol. The van der Waals surface area contributed by atoms with Crippen molar-refractivity contribution in [3.63, 3.8) is 0 Å². The lowest BCUT2D eigenvalue weighted by atomic mass is 9.49. The lowest BCUT2D eigenvalue weighted by Crippen LogP contribution is -2.52. The van der Waals surface area contributed by atoms with Crippen molar-refractivity contribution in [2.45, 2.75) is 105 Å². The number of hydrogen-bond acceptors (Lipinski definition) is 2. The highest BCUT2D eigenvalue weighted by Gasteiger charge is 2.58. The van der Waals surface area contributed by atoms with Gasteiger partial charge in [0.1, 0.15) is 0 Å². The second-order valence-corrected chi connectivity index (χ2v) is 11.9. The minimum atomic E-state index is -0.414. The van der Waals surface area contributed by atoms with E-state index in [1.54, 1.807) is 5.57 Å². The maximum absolute atomic E-state index is 11.0. The van der Waals surface area contributed by atoms with Crippen LogP contribution in [-0.4, -0.2) is 22.4 Å². The Labute approximate surface area is 178 Å². The third kappa shape index (κ3) is 3.47. The smallest absolute Gasteiger partial charge is 0.0661 e. The summed E-state index contributed by atoms with van der Waals surface area (Å²) in [5.74, 6) is 3.64. The zero-order valence-corrected chi connectivity index (χ0v) is 19.5. The Balaban J connectivity index is 1.55. The van der Waals surface area contributed by atoms with Crippen LogP contribution in [0.5, 0.6) is 0 Å². The largest absolute Gasteiger partial charge is 0.393 e. The van der Waals surface area contributed by atoms with Crippen LogP contribution in [0.4, 0.5) is 0 Å². The zero-order chi connectivity index (χ0) is 21.0. The van der Waals surface area contributed by atoms with Gasteiger partial charge < -0.3 is 10.2 Å². The van der Waals surface area contributed by atoms with Crippen LogP contribution in [0.25, 0.3) is 0 Å². The summed E-state index contributed by atoms with van der Waals surface area (Å²) in [5, 5.41) is 21.2. The summed E-state index contributed by atoms with van der Waals surface area (Å²) < 4.78 is 0. The van der Waals surface area contributed by atoms with E-state index in [0.29, 0.717) is 23.7 Å². The van der Waals surface area contributed by atoms with E-state index in [9.17, 15) is 10.2 Å². The van der Waals surface area contributed by atoms with Crippen LogP contribution < -0.4 is 0 Å². The summed E-state index contributed by atoms with van der Waals surface area (Å²) in [4.78, 5) is 0. The van der Waals surface area contributed by atoms with E-state index in [0.717, 1.165) is 24.2 Å². The van der Waals surface area contributed by atoms with Gasteiger partial charge in [0.15, 0.2) is 0 Å². The maximum Gasteiger partial charge on any atom is 0.0661 e. The highest BCUT2D eigenvalue weighted by molar-refractivity contribution is 5.40. The molecule has 0 aliphatic heterocycles. The van der Waals surface area contributed by atoms with Gasteiger partial charge in [0.25, 0.3) is 0 Å². The second-order valence-electron chi connectivity index (χ2n) is 11.9. The Kier molecular flexibility index (Phi) is 5.84. The fourth-order valence-corrected chi connectivity index (χ4v) is 8.07. The molecule has 0 spiro atoms. The Morgan fingerprint density at radius 3 is 2.48 bits per heavy atom. The molecule has 2 N–H and O–H groups in total. The summed E-state index contributed by atoms with van der Waals surface area (Å²) in [6, 6.07) is 0. The van der Waals surface area contributed by atoms with E-state index in [2.05, 4.69) is 46.8 Å². The van der Waals surface area contributed by atoms with Crippen LogP contribution in [0.1, 0.15) is 92.4 Å². The molecule has 29 heavy (non-hydrogen) atoms. The topological polar surface area (TPSA) is 40.5 Å². The van der Waals surface area contributed by atoms with Crippen molar-refractivity contribution < 1.29 is 10.2 Å². The van der Waals surface area contributed by atoms with Crippen LogP contribution >= 0.6 is 0 Å². The maximum atomic E-state index is 11.0. The molecule has 2 nitrogen and oxygen atoms in total. The molecule has 164 valence electrons. The van der Waals surface area contributed by atoms with Crippen LogP contribution in [0.3, 0.4) is 0 Å². The average molecular weight is 401 g/mol. The van der Waals surface area contributed by atoms with Gasteiger partial charge in [0.05, 0.1) is 12.2 Å². The van der Waals surface area contributed by atoms with Crippen molar-refractivity contribution in [1.29, 1.82) is 0 Å². The van der Waals surface area contributed by atoms with E-state index >= 15 is 0 Å². The van der Waals surface area contributed by atoms with Crippen molar-refractivity contribution in [2.75, 3.05) is 0 Å². The number of rotatable bonds is 5. The molecule has 0 bridgehead atoms. The molecule has 2 heteroatoms. The molecule has 0 heterocycles. The van der Waals surface area contributed by atoms with Gasteiger partial charge in [-0.15, -0.1) is 0 Å². The Morgan fingerprint density at radius 2 is 1.76 bits per heavy atom. The number of fused-ring (bicyclic) bond motifs is 5. The molecule has 0 aromatic rings. The number of hydrogen-bond donors (Lipinski definition) is 2. The standard InChI is InChI=1S/C27H44O2/c1-17(2)7-6-8-18(3)22-11-12-23-21-10-9-19-15-20(28)16-25(29)27(19,5)24(21)13-14-26(22,23)4/h9-10,17-18,20,22-25,28-29H,6-8,11-16H2,1-5H3/t18-,20-,22-,23?,24?,25+,26-,27+/m1/s1. The molecular formula is C27H44O2. The minimum absolute atomic E-state index is 0.161. The third-order valence-corrected chi connectivity index (χ3v) is 9.85. The van der Waals surface area contributed by atoms with Crippen molar-refractivity contribution in [3.8, 4) is 0 Å². The third-order valence-electron chi connectivity index (χ3n) is 9.85. The summed E-state index contributed by atoms with van der Waals surface area (Å²) in [5.41, 5.74) is 3.20. The number of allylic oxidation sites excluding steroid dienone is 3. The zero-order valence-electron chi connectivity index (χ0n) is 19.5. The lowest BCUT2D eigenvalue weighted by molar-refractivity contribution is -0.0544. The molecule has 4 aliphatic carbocycles. The van der Waals surface area contributed by atoms with Gasteiger partial charge in [-0.05, 0) is 67.1 Å². The predicted octanol–water partition coefficient (Wildman–Crippen LogP) is 6.28. The molecule has 0 amide bonds. The van der Waals surface area contributed by atoms with Crippen molar-refractivity contribution in [3.05, 3.63) is 23.3 Å². The Hall–Kier alpha value is -0.600. The van der Waals surface area contributed by atoms with Gasteiger partial charge in [-0.3, -0.25) is 0 Å². The first kappa shape index (κ1) is 21.6. The minimum Gasteiger partial charge on any atom is -0.393 e. The second kappa shape index (κ2) is 7.83. The highest BCUT2D eigenvalue weighted by Crippen LogP contribution is 2.66. The molecule has 0 radical (unpaired) electrons. The molecule has 3 fully saturated rings. The van der Waals surface area contributed by atoms with Gasteiger partial charge in [-0.25, -0.2) is 0 Å². The first-order chi connectivity index (χ1) is 13.7. The van der Waals surface area contributed by atoms with E-state index in [1.807, 2.05) is 0 Å². The molecule has 2 unspecified atom stereocenters. The van der Waals surface area contributed by atoms with Crippen LogP contribution in [0.15, 0.2) is 23.3 Å². The molecule has 4 aliphatic rings.